The normalized spacial score (nSPS) is 14.5. The van der Waals surface area contributed by atoms with E-state index in [2.05, 4.69) is 34.6 Å². The van der Waals surface area contributed by atoms with E-state index < -0.39 is 15.7 Å². The van der Waals surface area contributed by atoms with Crippen molar-refractivity contribution in [2.24, 2.45) is 0 Å². The van der Waals surface area contributed by atoms with Gasteiger partial charge in [-0.15, -0.1) is 0 Å². The van der Waals surface area contributed by atoms with Crippen molar-refractivity contribution in [3.63, 3.8) is 0 Å². The average Bonchev–Trinajstić information content (AvgIpc) is 3.32. The Morgan fingerprint density at radius 3 is 2.15 bits per heavy atom. The predicted molar refractivity (Wildman–Crippen MR) is 176 cm³/mol. The molecule has 0 radical (unpaired) electrons. The van der Waals surface area contributed by atoms with Gasteiger partial charge < -0.3 is 24.5 Å². The van der Waals surface area contributed by atoms with E-state index in [9.17, 15) is 9.46 Å². The van der Waals surface area contributed by atoms with E-state index in [0.29, 0.717) is 23.5 Å². The number of ether oxygens (including phenoxy) is 1. The fourth-order valence-corrected chi connectivity index (χ4v) is 7.90. The van der Waals surface area contributed by atoms with Gasteiger partial charge in [-0.1, -0.05) is 96.3 Å². The molecule has 0 fully saturated rings. The maximum absolute atomic E-state index is 12.3. The van der Waals surface area contributed by atoms with Crippen LogP contribution in [0.5, 0.6) is 0 Å². The topological polar surface area (TPSA) is 125 Å². The van der Waals surface area contributed by atoms with Crippen molar-refractivity contribution in [3.05, 3.63) is 12.7 Å². The number of thioether (sulfide) groups is 1. The first-order chi connectivity index (χ1) is 19.6. The van der Waals surface area contributed by atoms with Crippen LogP contribution in [0.1, 0.15) is 90.4 Å². The van der Waals surface area contributed by atoms with E-state index >= 15 is 0 Å². The van der Waals surface area contributed by atoms with E-state index in [1.165, 1.54) is 89.4 Å². The molecule has 2 atom stereocenters. The Morgan fingerprint density at radius 1 is 0.927 bits per heavy atom. The summed E-state index contributed by atoms with van der Waals surface area (Å²) in [6.07, 6.45) is 19.7. The van der Waals surface area contributed by atoms with E-state index in [1.807, 2.05) is 18.7 Å². The zero-order valence-electron chi connectivity index (χ0n) is 26.1. The molecule has 0 saturated carbocycles. The molecule has 0 aliphatic carbocycles. The molecular weight excluding hydrogens is 573 g/mol. The first-order valence-electron chi connectivity index (χ1n) is 15.6. The van der Waals surface area contributed by atoms with Crippen LogP contribution in [-0.4, -0.2) is 63.1 Å². The summed E-state index contributed by atoms with van der Waals surface area (Å²) in [5.41, 5.74) is 6.95. The summed E-state index contributed by atoms with van der Waals surface area (Å²) in [5.74, 6) is 2.40. The summed E-state index contributed by atoms with van der Waals surface area (Å²) in [6, 6.07) is 1.49. The number of nitrogen functional groups attached to an aromatic ring is 1. The van der Waals surface area contributed by atoms with Crippen molar-refractivity contribution in [2.45, 2.75) is 129 Å². The Balaban J connectivity index is 1.36. The Bertz CT molecular complexity index is 1020. The second kappa shape index (κ2) is 20.1. The van der Waals surface area contributed by atoms with Gasteiger partial charge >= 0.3 is 7.60 Å². The molecule has 236 valence electrons. The molecule has 9 nitrogen and oxygen atoms in total. The average molecular weight is 630 g/mol. The van der Waals surface area contributed by atoms with Gasteiger partial charge in [0.15, 0.2) is 11.5 Å². The molecule has 0 saturated heterocycles. The van der Waals surface area contributed by atoms with Crippen LogP contribution in [0.15, 0.2) is 12.7 Å². The highest BCUT2D eigenvalue weighted by molar-refractivity contribution is 7.99. The molecule has 0 aliphatic heterocycles. The Morgan fingerprint density at radius 2 is 1.51 bits per heavy atom. The third-order valence-electron chi connectivity index (χ3n) is 7.10. The predicted octanol–water partition coefficient (Wildman–Crippen LogP) is 8.12. The summed E-state index contributed by atoms with van der Waals surface area (Å²) in [7, 11) is -4.62. The third kappa shape index (κ3) is 17.0. The van der Waals surface area contributed by atoms with Crippen LogP contribution in [0.25, 0.3) is 11.2 Å². The lowest BCUT2D eigenvalue weighted by atomic mass is 10.1. The molecule has 0 aliphatic rings. The minimum absolute atomic E-state index is 0.263. The van der Waals surface area contributed by atoms with Crippen molar-refractivity contribution in [1.29, 1.82) is 0 Å². The maximum atomic E-state index is 12.3. The second-order valence-corrected chi connectivity index (χ2v) is 21.1. The molecule has 3 N–H and O–H groups in total. The highest BCUT2D eigenvalue weighted by Crippen LogP contribution is 2.42. The smallest absolute Gasteiger partial charge is 0.353 e. The number of aromatic nitrogens is 4. The van der Waals surface area contributed by atoms with Gasteiger partial charge in [-0.25, -0.2) is 15.0 Å². The number of imidazole rings is 1. The Hall–Kier alpha value is -0.973. The summed E-state index contributed by atoms with van der Waals surface area (Å²) in [5, 5.41) is 0. The maximum Gasteiger partial charge on any atom is 0.353 e. The molecule has 12 heteroatoms. The van der Waals surface area contributed by atoms with Crippen LogP contribution in [0, 0.1) is 0 Å². The molecule has 2 rings (SSSR count). The SMILES string of the molecule is C[C@H](Cn1cnc2c(N)ncnc21)OCP(=O)(O)OCCCSCCCCCCCCCCCCCC[Si](C)(C)C. The zero-order chi connectivity index (χ0) is 30.0. The zero-order valence-corrected chi connectivity index (χ0v) is 28.8. The molecule has 2 heterocycles. The molecule has 1 unspecified atom stereocenters. The number of unbranched alkanes of at least 4 members (excludes halogenated alkanes) is 11. The highest BCUT2D eigenvalue weighted by atomic mass is 32.2. The molecule has 2 aromatic rings. The number of anilines is 1. The first-order valence-corrected chi connectivity index (χ1v) is 22.3. The van der Waals surface area contributed by atoms with Crippen molar-refractivity contribution in [2.75, 3.05) is 30.2 Å². The lowest BCUT2D eigenvalue weighted by molar-refractivity contribution is 0.0718. The van der Waals surface area contributed by atoms with E-state index in [0.717, 1.165) is 17.9 Å². The van der Waals surface area contributed by atoms with Gasteiger partial charge in [0.25, 0.3) is 0 Å². The van der Waals surface area contributed by atoms with E-state index in [1.54, 1.807) is 10.9 Å². The molecule has 2 aromatic heterocycles. The molecule has 0 amide bonds. The summed E-state index contributed by atoms with van der Waals surface area (Å²) in [6.45, 7) is 9.94. The van der Waals surface area contributed by atoms with Gasteiger partial charge in [-0.05, 0) is 31.3 Å². The first kappa shape index (κ1) is 36.2. The highest BCUT2D eigenvalue weighted by Gasteiger charge is 2.21. The van der Waals surface area contributed by atoms with Gasteiger partial charge in [0, 0.05) is 8.07 Å². The van der Waals surface area contributed by atoms with Gasteiger partial charge in [-0.2, -0.15) is 11.8 Å². The van der Waals surface area contributed by atoms with E-state index in [4.69, 9.17) is 15.0 Å². The van der Waals surface area contributed by atoms with Crippen LogP contribution in [0.3, 0.4) is 0 Å². The van der Waals surface area contributed by atoms with Gasteiger partial charge in [0.1, 0.15) is 18.2 Å². The molecule has 41 heavy (non-hydrogen) atoms. The lowest BCUT2D eigenvalue weighted by Crippen LogP contribution is -2.18. The summed E-state index contributed by atoms with van der Waals surface area (Å²) in [4.78, 5) is 22.5. The van der Waals surface area contributed by atoms with Gasteiger partial charge in [0.05, 0.1) is 25.6 Å². The number of fused-ring (bicyclic) bond motifs is 1. The van der Waals surface area contributed by atoms with Crippen molar-refractivity contribution in [3.8, 4) is 0 Å². The van der Waals surface area contributed by atoms with Crippen LogP contribution in [0.2, 0.25) is 25.7 Å². The fourth-order valence-electron chi connectivity index (χ4n) is 4.72. The van der Waals surface area contributed by atoms with Crippen LogP contribution in [-0.2, 0) is 20.4 Å². The molecule has 0 spiro atoms. The number of nitrogens with zero attached hydrogens (tertiary/aromatic N) is 4. The van der Waals surface area contributed by atoms with Crippen LogP contribution < -0.4 is 5.73 Å². The fraction of sp³-hybridized carbons (Fsp3) is 0.828. The number of rotatable bonds is 25. The van der Waals surface area contributed by atoms with Gasteiger partial charge in [0.2, 0.25) is 0 Å². The van der Waals surface area contributed by atoms with Crippen LogP contribution in [0.4, 0.5) is 5.82 Å². The van der Waals surface area contributed by atoms with Gasteiger partial charge in [-0.3, -0.25) is 4.57 Å². The van der Waals surface area contributed by atoms with Crippen molar-refractivity contribution >= 4 is 44.4 Å². The van der Waals surface area contributed by atoms with Crippen molar-refractivity contribution in [1.82, 2.24) is 19.5 Å². The van der Waals surface area contributed by atoms with E-state index in [-0.39, 0.29) is 19.1 Å². The summed E-state index contributed by atoms with van der Waals surface area (Å²) >= 11 is 1.90. The minimum Gasteiger partial charge on any atom is -0.382 e. The summed E-state index contributed by atoms with van der Waals surface area (Å²) < 4.78 is 25.0. The lowest BCUT2D eigenvalue weighted by Gasteiger charge is -2.17. The largest absolute Gasteiger partial charge is 0.382 e. The Labute approximate surface area is 253 Å². The molecular formula is C29H56N5O4PSSi. The third-order valence-corrected chi connectivity index (χ3v) is 11.2. The van der Waals surface area contributed by atoms with Crippen LogP contribution >= 0.6 is 19.4 Å². The quantitative estimate of drug-likeness (QED) is 0.0636. The minimum atomic E-state index is -3.79. The molecule has 0 bridgehead atoms. The second-order valence-electron chi connectivity index (χ2n) is 12.4. The number of hydrogen-bond acceptors (Lipinski definition) is 8. The molecule has 0 aromatic carbocycles. The van der Waals surface area contributed by atoms with Crippen molar-refractivity contribution < 1.29 is 18.7 Å². The standard InChI is InChI=1S/C29H56N5O4PSSi/c1-26(22-34-24-33-27-28(30)31-23-32-29(27)34)37-25-39(35,36)38-18-17-20-40-19-15-13-11-9-7-5-6-8-10-12-14-16-21-41(2,3)4/h23-24,26H,5-22,25H2,1-4H3,(H,35,36)(H2,30,31,32)/t26-/m1/s1. The number of nitrogens with two attached hydrogens (primary N) is 1. The number of hydrogen-bond donors (Lipinski definition) is 2. The monoisotopic (exact) mass is 629 g/mol. The Kier molecular flexibility index (Phi) is 17.7.